The van der Waals surface area contributed by atoms with Crippen LogP contribution in [0.1, 0.15) is 15.9 Å². The van der Waals surface area contributed by atoms with E-state index >= 15 is 0 Å². The van der Waals surface area contributed by atoms with Crippen molar-refractivity contribution in [1.82, 2.24) is 5.32 Å². The Morgan fingerprint density at radius 3 is 2.50 bits per heavy atom. The predicted molar refractivity (Wildman–Crippen MR) is 100 cm³/mol. The van der Waals surface area contributed by atoms with E-state index < -0.39 is 10.0 Å². The summed E-state index contributed by atoms with van der Waals surface area (Å²) < 4.78 is 35.7. The van der Waals surface area contributed by atoms with Crippen molar-refractivity contribution >= 4 is 21.6 Å². The van der Waals surface area contributed by atoms with Crippen molar-refractivity contribution in [3.05, 3.63) is 53.6 Å². The Morgan fingerprint density at radius 2 is 1.85 bits per heavy atom. The molecule has 0 saturated carbocycles. The van der Waals surface area contributed by atoms with Gasteiger partial charge in [0.25, 0.3) is 5.91 Å². The van der Waals surface area contributed by atoms with Crippen LogP contribution in [0.4, 0.5) is 5.69 Å². The molecule has 8 heteroatoms. The Balaban J connectivity index is 1.86. The predicted octanol–water partition coefficient (Wildman–Crippen LogP) is 2.18. The largest absolute Gasteiger partial charge is 0.497 e. The average molecular weight is 378 g/mol. The first-order valence-corrected chi connectivity index (χ1v) is 9.81. The molecule has 0 heterocycles. The molecule has 0 aliphatic rings. The minimum Gasteiger partial charge on any atom is -0.497 e. The van der Waals surface area contributed by atoms with E-state index in [1.807, 2.05) is 12.1 Å². The smallest absolute Gasteiger partial charge is 0.251 e. The lowest BCUT2D eigenvalue weighted by atomic mass is 10.1. The summed E-state index contributed by atoms with van der Waals surface area (Å²) in [6.45, 7) is 2.38. The molecule has 0 saturated heterocycles. The molecule has 1 amide bonds. The third kappa shape index (κ3) is 5.96. The topological polar surface area (TPSA) is 93.7 Å². The van der Waals surface area contributed by atoms with Crippen molar-refractivity contribution in [3.8, 4) is 11.5 Å². The van der Waals surface area contributed by atoms with E-state index in [0.717, 1.165) is 6.26 Å². The van der Waals surface area contributed by atoms with E-state index in [2.05, 4.69) is 10.0 Å². The highest BCUT2D eigenvalue weighted by atomic mass is 32.2. The molecule has 26 heavy (non-hydrogen) atoms. The van der Waals surface area contributed by atoms with Crippen LogP contribution >= 0.6 is 0 Å². The Bertz CT molecular complexity index is 881. The van der Waals surface area contributed by atoms with Gasteiger partial charge in [0, 0.05) is 11.6 Å². The highest BCUT2D eigenvalue weighted by molar-refractivity contribution is 7.92. The number of aryl methyl sites for hydroxylation is 1. The fourth-order valence-electron chi connectivity index (χ4n) is 2.25. The van der Waals surface area contributed by atoms with Crippen LogP contribution in [0.2, 0.25) is 0 Å². The molecule has 140 valence electrons. The lowest BCUT2D eigenvalue weighted by molar-refractivity contribution is 0.0947. The Hall–Kier alpha value is -2.74. The molecule has 0 spiro atoms. The van der Waals surface area contributed by atoms with E-state index in [0.29, 0.717) is 41.5 Å². The first-order valence-electron chi connectivity index (χ1n) is 7.92. The van der Waals surface area contributed by atoms with Crippen LogP contribution in [0.3, 0.4) is 0 Å². The third-order valence-electron chi connectivity index (χ3n) is 3.48. The molecular weight excluding hydrogens is 356 g/mol. The van der Waals surface area contributed by atoms with Gasteiger partial charge in [-0.05, 0) is 42.8 Å². The quantitative estimate of drug-likeness (QED) is 0.687. The normalized spacial score (nSPS) is 10.9. The van der Waals surface area contributed by atoms with Gasteiger partial charge < -0.3 is 14.8 Å². The van der Waals surface area contributed by atoms with Gasteiger partial charge in [-0.15, -0.1) is 0 Å². The van der Waals surface area contributed by atoms with Gasteiger partial charge in [0.15, 0.2) is 0 Å². The number of carbonyl (C=O) groups excluding carboxylic acids is 1. The molecule has 0 aliphatic heterocycles. The Morgan fingerprint density at radius 1 is 1.12 bits per heavy atom. The number of benzene rings is 2. The first kappa shape index (κ1) is 19.6. The first-order chi connectivity index (χ1) is 12.3. The number of carbonyl (C=O) groups is 1. The van der Waals surface area contributed by atoms with Gasteiger partial charge in [-0.1, -0.05) is 6.07 Å². The summed E-state index contributed by atoms with van der Waals surface area (Å²) in [5.41, 5.74) is 1.56. The van der Waals surface area contributed by atoms with Crippen LogP contribution < -0.4 is 19.5 Å². The molecule has 0 radical (unpaired) electrons. The third-order valence-corrected chi connectivity index (χ3v) is 4.07. The van der Waals surface area contributed by atoms with Gasteiger partial charge in [0.2, 0.25) is 10.0 Å². The van der Waals surface area contributed by atoms with Crippen molar-refractivity contribution in [2.24, 2.45) is 0 Å². The number of ether oxygens (including phenoxy) is 2. The maximum absolute atomic E-state index is 12.2. The van der Waals surface area contributed by atoms with Crippen molar-refractivity contribution < 1.29 is 22.7 Å². The second-order valence-corrected chi connectivity index (χ2v) is 7.44. The van der Waals surface area contributed by atoms with Crippen molar-refractivity contribution in [3.63, 3.8) is 0 Å². The molecule has 0 aromatic heterocycles. The lowest BCUT2D eigenvalue weighted by Gasteiger charge is -2.11. The standard InChI is InChI=1S/C18H22N2O5S/c1-13-11-14(7-8-17(13)20-26(3,22)23)18(21)19-9-10-25-16-6-4-5-15(12-16)24-2/h4-8,11-12,20H,9-10H2,1-3H3,(H,19,21). The van der Waals surface area contributed by atoms with Crippen LogP contribution in [-0.2, 0) is 10.0 Å². The second-order valence-electron chi connectivity index (χ2n) is 5.69. The van der Waals surface area contributed by atoms with E-state index in [4.69, 9.17) is 9.47 Å². The highest BCUT2D eigenvalue weighted by Crippen LogP contribution is 2.19. The average Bonchev–Trinajstić information content (AvgIpc) is 2.59. The number of methoxy groups -OCH3 is 1. The van der Waals surface area contributed by atoms with Crippen molar-refractivity contribution in [1.29, 1.82) is 0 Å². The van der Waals surface area contributed by atoms with Gasteiger partial charge in [0.1, 0.15) is 18.1 Å². The summed E-state index contributed by atoms with van der Waals surface area (Å²) in [5.74, 6) is 1.10. The highest BCUT2D eigenvalue weighted by Gasteiger charge is 2.10. The molecule has 0 aliphatic carbocycles. The Kier molecular flexibility index (Phi) is 6.46. The Labute approximate surface area is 153 Å². The van der Waals surface area contributed by atoms with E-state index in [-0.39, 0.29) is 5.91 Å². The second kappa shape index (κ2) is 8.57. The minimum absolute atomic E-state index is 0.256. The van der Waals surface area contributed by atoms with Crippen LogP contribution in [0.5, 0.6) is 11.5 Å². The van der Waals surface area contributed by atoms with E-state index in [1.165, 1.54) is 0 Å². The van der Waals surface area contributed by atoms with Gasteiger partial charge in [-0.2, -0.15) is 0 Å². The van der Waals surface area contributed by atoms with E-state index in [9.17, 15) is 13.2 Å². The summed E-state index contributed by atoms with van der Waals surface area (Å²) in [6.07, 6.45) is 1.08. The van der Waals surface area contributed by atoms with Crippen molar-refractivity contribution in [2.75, 3.05) is 31.2 Å². The number of hydrogen-bond acceptors (Lipinski definition) is 5. The lowest BCUT2D eigenvalue weighted by Crippen LogP contribution is -2.28. The number of hydrogen-bond donors (Lipinski definition) is 2. The molecule has 0 unspecified atom stereocenters. The maximum atomic E-state index is 12.2. The van der Waals surface area contributed by atoms with Gasteiger partial charge in [0.05, 0.1) is 25.6 Å². The number of nitrogens with one attached hydrogen (secondary N) is 2. The zero-order valence-corrected chi connectivity index (χ0v) is 15.7. The summed E-state index contributed by atoms with van der Waals surface area (Å²) in [4.78, 5) is 12.2. The zero-order valence-electron chi connectivity index (χ0n) is 14.9. The van der Waals surface area contributed by atoms with Crippen molar-refractivity contribution in [2.45, 2.75) is 6.92 Å². The van der Waals surface area contributed by atoms with Gasteiger partial charge >= 0.3 is 0 Å². The fourth-order valence-corrected chi connectivity index (χ4v) is 2.87. The SMILES string of the molecule is COc1cccc(OCCNC(=O)c2ccc(NS(C)(=O)=O)c(C)c2)c1. The maximum Gasteiger partial charge on any atom is 0.251 e. The van der Waals surface area contributed by atoms with Crippen LogP contribution in [-0.4, -0.2) is 40.8 Å². The minimum atomic E-state index is -3.36. The molecule has 2 N–H and O–H groups in total. The summed E-state index contributed by atoms with van der Waals surface area (Å²) in [7, 11) is -1.78. The molecule has 7 nitrogen and oxygen atoms in total. The molecule has 2 rings (SSSR count). The van der Waals surface area contributed by atoms with E-state index in [1.54, 1.807) is 44.4 Å². The molecular formula is C18H22N2O5S. The number of rotatable bonds is 8. The summed E-state index contributed by atoms with van der Waals surface area (Å²) in [5, 5.41) is 2.76. The van der Waals surface area contributed by atoms with Crippen LogP contribution in [0.25, 0.3) is 0 Å². The zero-order chi connectivity index (χ0) is 19.2. The number of sulfonamides is 1. The van der Waals surface area contributed by atoms with Gasteiger partial charge in [-0.3, -0.25) is 9.52 Å². The van der Waals surface area contributed by atoms with Gasteiger partial charge in [-0.25, -0.2) is 8.42 Å². The molecule has 0 bridgehead atoms. The number of anilines is 1. The summed E-state index contributed by atoms with van der Waals surface area (Å²) >= 11 is 0. The molecule has 0 fully saturated rings. The van der Waals surface area contributed by atoms with Crippen LogP contribution in [0, 0.1) is 6.92 Å². The molecule has 0 atom stereocenters. The monoisotopic (exact) mass is 378 g/mol. The summed E-state index contributed by atoms with van der Waals surface area (Å²) in [6, 6.07) is 12.0. The number of amides is 1. The molecule has 2 aromatic rings. The molecule has 2 aromatic carbocycles. The van der Waals surface area contributed by atoms with Crippen LogP contribution in [0.15, 0.2) is 42.5 Å². The fraction of sp³-hybridized carbons (Fsp3) is 0.278.